The molecule has 0 aromatic heterocycles. The van der Waals surface area contributed by atoms with Crippen molar-refractivity contribution >= 4 is 17.3 Å². The van der Waals surface area contributed by atoms with Crippen LogP contribution in [-0.4, -0.2) is 22.4 Å². The molecule has 0 heterocycles. The van der Waals surface area contributed by atoms with Gasteiger partial charge >= 0.3 is 17.3 Å². The van der Waals surface area contributed by atoms with Crippen molar-refractivity contribution in [2.24, 2.45) is 0 Å². The lowest BCUT2D eigenvalue weighted by molar-refractivity contribution is -0.386. The van der Waals surface area contributed by atoms with Crippen LogP contribution in [0.15, 0.2) is 42.5 Å². The van der Waals surface area contributed by atoms with E-state index in [0.29, 0.717) is 6.07 Å². The summed E-state index contributed by atoms with van der Waals surface area (Å²) in [5.41, 5.74) is -0.961. The molecule has 0 aliphatic carbocycles. The third-order valence-electron chi connectivity index (χ3n) is 2.75. The fraction of sp³-hybridized carbons (Fsp3) is 0.0714. The summed E-state index contributed by atoms with van der Waals surface area (Å²) in [4.78, 5) is 31.8. The molecule has 2 rings (SSSR count). The van der Waals surface area contributed by atoms with Gasteiger partial charge in [-0.3, -0.25) is 20.2 Å². The summed E-state index contributed by atoms with van der Waals surface area (Å²) in [6.07, 6.45) is 0. The Labute approximate surface area is 133 Å². The molecule has 2 aromatic carbocycles. The molecule has 24 heavy (non-hydrogen) atoms. The molecule has 0 aliphatic rings. The van der Waals surface area contributed by atoms with Crippen LogP contribution < -0.4 is 9.47 Å². The third-order valence-corrected chi connectivity index (χ3v) is 2.75. The molecule has 0 saturated heterocycles. The lowest BCUT2D eigenvalue weighted by atomic mass is 10.3. The molecule has 0 aliphatic heterocycles. The Morgan fingerprint density at radius 3 is 2.29 bits per heavy atom. The monoisotopic (exact) mass is 336 g/mol. The van der Waals surface area contributed by atoms with Crippen molar-refractivity contribution in [3.05, 3.63) is 68.5 Å². The molecule has 0 saturated carbocycles. The molecule has 0 atom stereocenters. The van der Waals surface area contributed by atoms with Gasteiger partial charge in [0, 0.05) is 18.2 Å². The first-order chi connectivity index (χ1) is 11.4. The number of benzene rings is 2. The van der Waals surface area contributed by atoms with Crippen LogP contribution in [0.5, 0.6) is 11.5 Å². The van der Waals surface area contributed by atoms with Crippen molar-refractivity contribution < 1.29 is 28.5 Å². The zero-order chi connectivity index (χ0) is 17.7. The average molecular weight is 336 g/mol. The lowest BCUT2D eigenvalue weighted by Gasteiger charge is -2.07. The van der Waals surface area contributed by atoms with Gasteiger partial charge in [-0.1, -0.05) is 12.1 Å². The van der Waals surface area contributed by atoms with E-state index < -0.39 is 39.7 Å². The Bertz CT molecular complexity index is 809. The number of carbonyl (C=O) groups is 1. The maximum atomic E-state index is 13.1. The highest BCUT2D eigenvalue weighted by Gasteiger charge is 2.20. The molecule has 0 unspecified atom stereocenters. The number of nitro benzene ring substituents is 2. The van der Waals surface area contributed by atoms with Crippen molar-refractivity contribution in [3.8, 4) is 11.5 Å². The minimum absolute atomic E-state index is 0.173. The van der Waals surface area contributed by atoms with Crippen molar-refractivity contribution in [1.29, 1.82) is 0 Å². The Morgan fingerprint density at radius 2 is 1.62 bits per heavy atom. The van der Waals surface area contributed by atoms with Gasteiger partial charge in [-0.15, -0.1) is 0 Å². The van der Waals surface area contributed by atoms with Gasteiger partial charge in [0.05, 0.1) is 9.85 Å². The van der Waals surface area contributed by atoms with Gasteiger partial charge in [0.25, 0.3) is 0 Å². The van der Waals surface area contributed by atoms with Crippen LogP contribution >= 0.6 is 0 Å². The van der Waals surface area contributed by atoms with Crippen LogP contribution in [0.4, 0.5) is 15.8 Å². The van der Waals surface area contributed by atoms with Gasteiger partial charge in [0.1, 0.15) is 5.82 Å². The molecular weight excluding hydrogens is 327 g/mol. The Balaban J connectivity index is 2.09. The molecule has 0 radical (unpaired) electrons. The number of rotatable bonds is 6. The summed E-state index contributed by atoms with van der Waals surface area (Å²) in [7, 11) is 0. The van der Waals surface area contributed by atoms with E-state index in [2.05, 4.69) is 0 Å². The minimum atomic E-state index is -1.08. The van der Waals surface area contributed by atoms with Crippen LogP contribution in [0.1, 0.15) is 0 Å². The highest BCUT2D eigenvalue weighted by atomic mass is 19.1. The lowest BCUT2D eigenvalue weighted by Crippen LogP contribution is -2.18. The van der Waals surface area contributed by atoms with Crippen molar-refractivity contribution in [1.82, 2.24) is 0 Å². The third kappa shape index (κ3) is 4.00. The Hall–Kier alpha value is -3.56. The molecule has 10 heteroatoms. The van der Waals surface area contributed by atoms with Gasteiger partial charge in [-0.2, -0.15) is 0 Å². The predicted octanol–water partition coefficient (Wildman–Crippen LogP) is 2.63. The molecule has 2 aromatic rings. The summed E-state index contributed by atoms with van der Waals surface area (Å²) in [6, 6.07) is 7.71. The summed E-state index contributed by atoms with van der Waals surface area (Å²) >= 11 is 0. The normalized spacial score (nSPS) is 10.0. The number of hydrogen-bond acceptors (Lipinski definition) is 7. The van der Waals surface area contributed by atoms with Gasteiger partial charge < -0.3 is 9.47 Å². The zero-order valence-corrected chi connectivity index (χ0v) is 11.9. The average Bonchev–Trinajstić information content (AvgIpc) is 2.53. The van der Waals surface area contributed by atoms with E-state index in [9.17, 15) is 29.4 Å². The zero-order valence-electron chi connectivity index (χ0n) is 11.9. The SMILES string of the molecule is O=C(COc1ccccc1[N+](=O)[O-])Oc1cc(F)ccc1[N+](=O)[O-]. The molecular formula is C14H9FN2O7. The molecule has 124 valence electrons. The van der Waals surface area contributed by atoms with E-state index in [1.54, 1.807) is 0 Å². The van der Waals surface area contributed by atoms with Crippen LogP contribution in [0, 0.1) is 26.0 Å². The largest absolute Gasteiger partial charge is 0.475 e. The molecule has 0 amide bonds. The Kier molecular flexibility index (Phi) is 5.00. The van der Waals surface area contributed by atoms with Crippen molar-refractivity contribution in [3.63, 3.8) is 0 Å². The van der Waals surface area contributed by atoms with Gasteiger partial charge in [0.2, 0.25) is 5.75 Å². The number of nitrogens with zero attached hydrogens (tertiary/aromatic N) is 2. The first-order valence-corrected chi connectivity index (χ1v) is 6.39. The topological polar surface area (TPSA) is 122 Å². The van der Waals surface area contributed by atoms with E-state index in [-0.39, 0.29) is 11.4 Å². The number of ether oxygens (including phenoxy) is 2. The predicted molar refractivity (Wildman–Crippen MR) is 77.3 cm³/mol. The second-order valence-electron chi connectivity index (χ2n) is 4.36. The van der Waals surface area contributed by atoms with E-state index in [1.165, 1.54) is 24.3 Å². The first kappa shape index (κ1) is 16.8. The van der Waals surface area contributed by atoms with Crippen molar-refractivity contribution in [2.75, 3.05) is 6.61 Å². The van der Waals surface area contributed by atoms with Gasteiger partial charge in [-0.05, 0) is 12.1 Å². The van der Waals surface area contributed by atoms with Crippen molar-refractivity contribution in [2.45, 2.75) is 0 Å². The standard InChI is InChI=1S/C14H9FN2O7/c15-9-5-6-11(17(21)22)13(7-9)24-14(18)8-23-12-4-2-1-3-10(12)16(19)20/h1-7H,8H2. The summed E-state index contributed by atoms with van der Waals surface area (Å²) in [6.45, 7) is -0.751. The fourth-order valence-electron chi connectivity index (χ4n) is 1.74. The summed E-state index contributed by atoms with van der Waals surface area (Å²) < 4.78 is 22.8. The number of halogens is 1. The van der Waals surface area contributed by atoms with Gasteiger partial charge in [0.15, 0.2) is 12.4 Å². The number of nitro groups is 2. The smallest absolute Gasteiger partial charge is 0.349 e. The number of esters is 1. The minimum Gasteiger partial charge on any atom is -0.475 e. The quantitative estimate of drug-likeness (QED) is 0.344. The van der Waals surface area contributed by atoms with Crippen LogP contribution in [0.25, 0.3) is 0 Å². The molecule has 0 bridgehead atoms. The fourth-order valence-corrected chi connectivity index (χ4v) is 1.74. The second kappa shape index (κ2) is 7.13. The van der Waals surface area contributed by atoms with Crippen LogP contribution in [0.2, 0.25) is 0 Å². The van der Waals surface area contributed by atoms with E-state index >= 15 is 0 Å². The maximum Gasteiger partial charge on any atom is 0.349 e. The Morgan fingerprint density at radius 1 is 1.00 bits per heavy atom. The summed E-state index contributed by atoms with van der Waals surface area (Å²) in [5, 5.41) is 21.6. The van der Waals surface area contributed by atoms with Crippen LogP contribution in [0.3, 0.4) is 0 Å². The summed E-state index contributed by atoms with van der Waals surface area (Å²) in [5.74, 6) is -2.67. The first-order valence-electron chi connectivity index (χ1n) is 6.39. The maximum absolute atomic E-state index is 13.1. The van der Waals surface area contributed by atoms with Crippen LogP contribution in [-0.2, 0) is 4.79 Å². The molecule has 0 N–H and O–H groups in total. The number of carbonyl (C=O) groups excluding carboxylic acids is 1. The highest BCUT2D eigenvalue weighted by Crippen LogP contribution is 2.28. The molecule has 9 nitrogen and oxygen atoms in total. The molecule has 0 fully saturated rings. The van der Waals surface area contributed by atoms with E-state index in [4.69, 9.17) is 9.47 Å². The number of para-hydroxylation sites is 2. The van der Waals surface area contributed by atoms with E-state index in [1.807, 2.05) is 0 Å². The number of hydrogen-bond donors (Lipinski definition) is 0. The highest BCUT2D eigenvalue weighted by molar-refractivity contribution is 5.75. The second-order valence-corrected chi connectivity index (χ2v) is 4.36. The molecule has 0 spiro atoms. The van der Waals surface area contributed by atoms with Gasteiger partial charge in [-0.25, -0.2) is 9.18 Å². The van der Waals surface area contributed by atoms with E-state index in [0.717, 1.165) is 12.1 Å².